The standard InChI is InChI=1S/C14H18BN3O4/c1-8-10-6-9(7-16-11(10)18(17-8)12(19)20)15-21-13(2,3)14(4,5)22-15/h6-7H,1-5H3,(H,19,20). The maximum absolute atomic E-state index is 11.2. The average Bonchev–Trinajstić information content (AvgIpc) is 2.84. The molecule has 3 heterocycles. The van der Waals surface area contributed by atoms with Gasteiger partial charge in [0.05, 0.1) is 16.9 Å². The molecule has 1 aliphatic rings. The van der Waals surface area contributed by atoms with Crippen LogP contribution in [0.2, 0.25) is 0 Å². The minimum Gasteiger partial charge on any atom is -0.463 e. The summed E-state index contributed by atoms with van der Waals surface area (Å²) in [5.41, 5.74) is 0.785. The number of hydrogen-bond acceptors (Lipinski definition) is 5. The first-order valence-corrected chi connectivity index (χ1v) is 7.06. The zero-order valence-corrected chi connectivity index (χ0v) is 13.2. The maximum atomic E-state index is 11.2. The topological polar surface area (TPSA) is 86.5 Å². The molecule has 0 bridgehead atoms. The zero-order valence-electron chi connectivity index (χ0n) is 13.2. The summed E-state index contributed by atoms with van der Waals surface area (Å²) in [5.74, 6) is 0. The molecule has 2 aromatic rings. The van der Waals surface area contributed by atoms with Gasteiger partial charge in [0.2, 0.25) is 0 Å². The molecule has 3 rings (SSSR count). The summed E-state index contributed by atoms with van der Waals surface area (Å²) in [7, 11) is -0.533. The van der Waals surface area contributed by atoms with Gasteiger partial charge in [-0.25, -0.2) is 9.78 Å². The van der Waals surface area contributed by atoms with Crippen molar-refractivity contribution in [2.24, 2.45) is 0 Å². The van der Waals surface area contributed by atoms with E-state index in [0.717, 1.165) is 10.1 Å². The number of aryl methyl sites for hydroxylation is 1. The van der Waals surface area contributed by atoms with Crippen LogP contribution in [0.15, 0.2) is 12.3 Å². The summed E-state index contributed by atoms with van der Waals surface area (Å²) in [5, 5.41) is 13.8. The highest BCUT2D eigenvalue weighted by molar-refractivity contribution is 6.62. The summed E-state index contributed by atoms with van der Waals surface area (Å²) in [6.07, 6.45) is 0.416. The van der Waals surface area contributed by atoms with Gasteiger partial charge in [-0.2, -0.15) is 5.10 Å². The Labute approximate surface area is 128 Å². The number of aromatic nitrogens is 3. The number of carbonyl (C=O) groups is 1. The second-order valence-electron chi connectivity index (χ2n) is 6.51. The maximum Gasteiger partial charge on any atom is 0.496 e. The van der Waals surface area contributed by atoms with Gasteiger partial charge < -0.3 is 14.4 Å². The van der Waals surface area contributed by atoms with Crippen molar-refractivity contribution in [3.05, 3.63) is 18.0 Å². The van der Waals surface area contributed by atoms with E-state index >= 15 is 0 Å². The largest absolute Gasteiger partial charge is 0.496 e. The minimum absolute atomic E-state index is 0.310. The van der Waals surface area contributed by atoms with Crippen molar-refractivity contribution >= 4 is 29.7 Å². The van der Waals surface area contributed by atoms with E-state index in [1.165, 1.54) is 0 Å². The number of fused-ring (bicyclic) bond motifs is 1. The molecule has 0 spiro atoms. The van der Waals surface area contributed by atoms with E-state index in [1.54, 1.807) is 13.1 Å². The third kappa shape index (κ3) is 2.10. The van der Waals surface area contributed by atoms with Gasteiger partial charge in [0.15, 0.2) is 5.65 Å². The van der Waals surface area contributed by atoms with E-state index in [2.05, 4.69) is 10.1 Å². The minimum atomic E-state index is -1.16. The first-order valence-electron chi connectivity index (χ1n) is 7.06. The molecule has 0 radical (unpaired) electrons. The van der Waals surface area contributed by atoms with Gasteiger partial charge in [-0.1, -0.05) is 0 Å². The third-order valence-electron chi connectivity index (χ3n) is 4.43. The lowest BCUT2D eigenvalue weighted by atomic mass is 9.80. The van der Waals surface area contributed by atoms with Gasteiger partial charge in [-0.05, 0) is 40.7 Å². The van der Waals surface area contributed by atoms with Crippen LogP contribution in [-0.2, 0) is 9.31 Å². The van der Waals surface area contributed by atoms with Gasteiger partial charge in [-0.15, -0.1) is 4.68 Å². The number of carboxylic acid groups (broad SMARTS) is 1. The van der Waals surface area contributed by atoms with Crippen LogP contribution in [0.4, 0.5) is 4.79 Å². The summed E-state index contributed by atoms with van der Waals surface area (Å²) < 4.78 is 12.8. The summed E-state index contributed by atoms with van der Waals surface area (Å²) in [4.78, 5) is 15.4. The Morgan fingerprint density at radius 2 is 1.86 bits per heavy atom. The Morgan fingerprint density at radius 3 is 2.41 bits per heavy atom. The highest BCUT2D eigenvalue weighted by atomic mass is 16.7. The van der Waals surface area contributed by atoms with Crippen molar-refractivity contribution in [1.82, 2.24) is 14.8 Å². The molecule has 0 aliphatic carbocycles. The summed E-state index contributed by atoms with van der Waals surface area (Å²) in [6.45, 7) is 9.66. The lowest BCUT2D eigenvalue weighted by Crippen LogP contribution is -2.41. The SMILES string of the molecule is Cc1nn(C(=O)O)c2ncc(B3OC(C)(C)C(C)(C)O3)cc12. The monoisotopic (exact) mass is 303 g/mol. The van der Waals surface area contributed by atoms with Gasteiger partial charge in [0.25, 0.3) is 0 Å². The van der Waals surface area contributed by atoms with Crippen molar-refractivity contribution in [2.45, 2.75) is 45.8 Å². The second kappa shape index (κ2) is 4.53. The number of pyridine rings is 1. The lowest BCUT2D eigenvalue weighted by Gasteiger charge is -2.32. The van der Waals surface area contributed by atoms with Gasteiger partial charge >= 0.3 is 13.2 Å². The second-order valence-corrected chi connectivity index (χ2v) is 6.51. The van der Waals surface area contributed by atoms with E-state index in [4.69, 9.17) is 14.4 Å². The quantitative estimate of drug-likeness (QED) is 0.805. The number of nitrogens with zero attached hydrogens (tertiary/aromatic N) is 3. The fourth-order valence-electron chi connectivity index (χ4n) is 2.40. The zero-order chi connectivity index (χ0) is 16.3. The Morgan fingerprint density at radius 1 is 1.27 bits per heavy atom. The lowest BCUT2D eigenvalue weighted by molar-refractivity contribution is 0.00578. The fraction of sp³-hybridized carbons (Fsp3) is 0.500. The van der Waals surface area contributed by atoms with Crippen molar-refractivity contribution in [3.63, 3.8) is 0 Å². The molecule has 7 nitrogen and oxygen atoms in total. The van der Waals surface area contributed by atoms with E-state index in [0.29, 0.717) is 16.7 Å². The van der Waals surface area contributed by atoms with Crippen molar-refractivity contribution in [3.8, 4) is 0 Å². The van der Waals surface area contributed by atoms with E-state index in [1.807, 2.05) is 33.8 Å². The Kier molecular flexibility index (Phi) is 3.09. The van der Waals surface area contributed by atoms with Crippen LogP contribution in [-0.4, -0.2) is 44.3 Å². The fourth-order valence-corrected chi connectivity index (χ4v) is 2.40. The molecule has 0 atom stereocenters. The summed E-state index contributed by atoms with van der Waals surface area (Å²) >= 11 is 0. The third-order valence-corrected chi connectivity index (χ3v) is 4.43. The van der Waals surface area contributed by atoms with Crippen LogP contribution in [0.5, 0.6) is 0 Å². The molecule has 1 saturated heterocycles. The smallest absolute Gasteiger partial charge is 0.463 e. The van der Waals surface area contributed by atoms with E-state index in [-0.39, 0.29) is 0 Å². The molecule has 8 heteroatoms. The first-order chi connectivity index (χ1) is 10.1. The number of rotatable bonds is 1. The van der Waals surface area contributed by atoms with Crippen molar-refractivity contribution in [2.75, 3.05) is 0 Å². The molecule has 1 aliphatic heterocycles. The van der Waals surface area contributed by atoms with Gasteiger partial charge in [-0.3, -0.25) is 0 Å². The van der Waals surface area contributed by atoms with E-state index in [9.17, 15) is 4.79 Å². The molecule has 1 N–H and O–H groups in total. The molecule has 22 heavy (non-hydrogen) atoms. The number of hydrogen-bond donors (Lipinski definition) is 1. The van der Waals surface area contributed by atoms with E-state index < -0.39 is 24.4 Å². The predicted octanol–water partition coefficient (Wildman–Crippen LogP) is 1.57. The molecule has 0 saturated carbocycles. The van der Waals surface area contributed by atoms with Crippen LogP contribution in [0.1, 0.15) is 33.4 Å². The molecule has 0 unspecified atom stereocenters. The summed E-state index contributed by atoms with van der Waals surface area (Å²) in [6, 6.07) is 1.83. The van der Waals surface area contributed by atoms with Crippen LogP contribution < -0.4 is 5.46 Å². The van der Waals surface area contributed by atoms with Crippen LogP contribution >= 0.6 is 0 Å². The van der Waals surface area contributed by atoms with Crippen LogP contribution in [0.3, 0.4) is 0 Å². The predicted molar refractivity (Wildman–Crippen MR) is 81.4 cm³/mol. The molecular formula is C14H18BN3O4. The molecular weight excluding hydrogens is 285 g/mol. The first kappa shape index (κ1) is 15.0. The van der Waals surface area contributed by atoms with Crippen LogP contribution in [0, 0.1) is 6.92 Å². The Balaban J connectivity index is 2.04. The Bertz CT molecular complexity index is 753. The van der Waals surface area contributed by atoms with Crippen molar-refractivity contribution < 1.29 is 19.2 Å². The van der Waals surface area contributed by atoms with Crippen LogP contribution in [0.25, 0.3) is 11.0 Å². The normalized spacial score (nSPS) is 19.8. The molecule has 0 aromatic carbocycles. The molecule has 2 aromatic heterocycles. The molecule has 0 amide bonds. The highest BCUT2D eigenvalue weighted by Gasteiger charge is 2.51. The highest BCUT2D eigenvalue weighted by Crippen LogP contribution is 2.36. The Hall–Kier alpha value is -1.93. The average molecular weight is 303 g/mol. The van der Waals surface area contributed by atoms with Gasteiger partial charge in [0.1, 0.15) is 0 Å². The molecule has 116 valence electrons. The van der Waals surface area contributed by atoms with Gasteiger partial charge in [0, 0.05) is 17.0 Å². The van der Waals surface area contributed by atoms with Crippen molar-refractivity contribution in [1.29, 1.82) is 0 Å². The molecule has 1 fully saturated rings.